The molecule has 1 N–H and O–H groups in total. The number of pyridine rings is 1. The van der Waals surface area contributed by atoms with Crippen LogP contribution in [0.3, 0.4) is 0 Å². The van der Waals surface area contributed by atoms with Gasteiger partial charge in [-0.1, -0.05) is 12.1 Å². The van der Waals surface area contributed by atoms with E-state index in [1.807, 2.05) is 19.1 Å². The number of hydrogen-bond donors (Lipinski definition) is 1. The average Bonchev–Trinajstić information content (AvgIpc) is 3.09. The van der Waals surface area contributed by atoms with E-state index in [0.29, 0.717) is 25.3 Å². The predicted octanol–water partition coefficient (Wildman–Crippen LogP) is 4.09. The first kappa shape index (κ1) is 20.9. The lowest BCUT2D eigenvalue weighted by atomic mass is 10.1. The molecule has 1 fully saturated rings. The van der Waals surface area contributed by atoms with Crippen LogP contribution in [0.25, 0.3) is 0 Å². The molecule has 0 saturated carbocycles. The highest BCUT2D eigenvalue weighted by Crippen LogP contribution is 2.32. The monoisotopic (exact) mass is 411 g/mol. The van der Waals surface area contributed by atoms with Crippen LogP contribution in [-0.2, 0) is 11.0 Å². The highest BCUT2D eigenvalue weighted by atomic mass is 19.4. The van der Waals surface area contributed by atoms with Crippen LogP contribution in [0.2, 0.25) is 0 Å². The van der Waals surface area contributed by atoms with Gasteiger partial charge in [0.05, 0.1) is 12.6 Å². The van der Waals surface area contributed by atoms with Gasteiger partial charge in [0.2, 0.25) is 5.91 Å². The number of aromatic nitrogens is 1. The van der Waals surface area contributed by atoms with E-state index in [1.54, 1.807) is 17.0 Å². The molecule has 2 aromatic rings. The van der Waals surface area contributed by atoms with Gasteiger partial charge in [0.15, 0.2) is 11.5 Å². The van der Waals surface area contributed by atoms with E-state index in [2.05, 4.69) is 10.3 Å². The maximum absolute atomic E-state index is 13.4. The number of alkyl halides is 3. The van der Waals surface area contributed by atoms with E-state index in [1.165, 1.54) is 13.0 Å². The molecular weight excluding hydrogens is 390 g/mol. The summed E-state index contributed by atoms with van der Waals surface area (Å²) in [6, 6.07) is 9.16. The van der Waals surface area contributed by atoms with Crippen LogP contribution in [0.5, 0.6) is 5.75 Å². The van der Waals surface area contributed by atoms with Gasteiger partial charge in [-0.15, -0.1) is 0 Å². The number of nitrogens with one attached hydrogen (secondary N) is 1. The lowest BCUT2D eigenvalue weighted by Crippen LogP contribution is -2.26. The predicted molar refractivity (Wildman–Crippen MR) is 99.1 cm³/mol. The second-order valence-electron chi connectivity index (χ2n) is 6.96. The Bertz CT molecular complexity index is 871. The molecule has 1 saturated heterocycles. The Balaban J connectivity index is 1.62. The molecule has 9 heteroatoms. The number of carbonyl (C=O) groups excluding carboxylic acids is 1. The van der Waals surface area contributed by atoms with Gasteiger partial charge in [-0.25, -0.2) is 9.37 Å². The molecule has 1 amide bonds. The van der Waals surface area contributed by atoms with E-state index >= 15 is 0 Å². The summed E-state index contributed by atoms with van der Waals surface area (Å²) in [7, 11) is 0. The van der Waals surface area contributed by atoms with Crippen LogP contribution >= 0.6 is 0 Å². The van der Waals surface area contributed by atoms with Gasteiger partial charge in [0.25, 0.3) is 0 Å². The lowest BCUT2D eigenvalue weighted by Gasteiger charge is -2.20. The van der Waals surface area contributed by atoms with Crippen molar-refractivity contribution in [1.29, 1.82) is 0 Å². The van der Waals surface area contributed by atoms with Crippen LogP contribution in [0.4, 0.5) is 23.4 Å². The summed E-state index contributed by atoms with van der Waals surface area (Å²) < 4.78 is 57.9. The average molecular weight is 411 g/mol. The number of carbonyl (C=O) groups is 1. The first-order valence-corrected chi connectivity index (χ1v) is 9.16. The first-order valence-electron chi connectivity index (χ1n) is 9.16. The highest BCUT2D eigenvalue weighted by Gasteiger charge is 2.37. The summed E-state index contributed by atoms with van der Waals surface area (Å²) in [6.45, 7) is 4.13. The molecule has 0 spiro atoms. The fourth-order valence-corrected chi connectivity index (χ4v) is 3.25. The van der Waals surface area contributed by atoms with E-state index in [4.69, 9.17) is 4.74 Å². The Labute approximate surface area is 165 Å². The molecule has 5 nitrogen and oxygen atoms in total. The summed E-state index contributed by atoms with van der Waals surface area (Å²) in [4.78, 5) is 16.2. The highest BCUT2D eigenvalue weighted by molar-refractivity contribution is 5.73. The van der Waals surface area contributed by atoms with Crippen molar-refractivity contribution < 1.29 is 27.1 Å². The van der Waals surface area contributed by atoms with Crippen molar-refractivity contribution in [3.8, 4) is 5.75 Å². The third-order valence-electron chi connectivity index (χ3n) is 4.67. The molecule has 29 heavy (non-hydrogen) atoms. The quantitative estimate of drug-likeness (QED) is 0.753. The van der Waals surface area contributed by atoms with Crippen LogP contribution in [-0.4, -0.2) is 30.1 Å². The van der Waals surface area contributed by atoms with Crippen LogP contribution in [0.15, 0.2) is 36.4 Å². The lowest BCUT2D eigenvalue weighted by molar-refractivity contribution is -0.143. The molecule has 1 aliphatic heterocycles. The third kappa shape index (κ3) is 5.16. The topological polar surface area (TPSA) is 54.5 Å². The van der Waals surface area contributed by atoms with Crippen LogP contribution in [0, 0.1) is 5.82 Å². The van der Waals surface area contributed by atoms with E-state index in [9.17, 15) is 22.4 Å². The number of benzene rings is 1. The van der Waals surface area contributed by atoms with Gasteiger partial charge in [0.1, 0.15) is 17.7 Å². The molecule has 156 valence electrons. The number of halogens is 4. The number of hydrogen-bond acceptors (Lipinski definition) is 4. The summed E-state index contributed by atoms with van der Waals surface area (Å²) in [5.74, 6) is -0.809. The molecule has 2 heterocycles. The Kier molecular flexibility index (Phi) is 5.95. The van der Waals surface area contributed by atoms with Gasteiger partial charge in [-0.3, -0.25) is 4.79 Å². The van der Waals surface area contributed by atoms with E-state index in [0.717, 1.165) is 11.6 Å². The Morgan fingerprint density at radius 2 is 1.93 bits per heavy atom. The molecule has 0 bridgehead atoms. The van der Waals surface area contributed by atoms with Crippen LogP contribution in [0.1, 0.15) is 37.6 Å². The van der Waals surface area contributed by atoms with Crippen molar-refractivity contribution in [3.63, 3.8) is 0 Å². The maximum atomic E-state index is 13.4. The zero-order valence-electron chi connectivity index (χ0n) is 16.0. The minimum absolute atomic E-state index is 0.0734. The summed E-state index contributed by atoms with van der Waals surface area (Å²) in [5, 5.41) is 2.79. The van der Waals surface area contributed by atoms with Crippen molar-refractivity contribution in [1.82, 2.24) is 10.3 Å². The summed E-state index contributed by atoms with van der Waals surface area (Å²) >= 11 is 0. The van der Waals surface area contributed by atoms with Crippen molar-refractivity contribution in [2.45, 2.75) is 38.6 Å². The first-order chi connectivity index (χ1) is 13.6. The zero-order chi connectivity index (χ0) is 21.2. The second-order valence-corrected chi connectivity index (χ2v) is 6.96. The smallest absolute Gasteiger partial charge is 0.436 e. The summed E-state index contributed by atoms with van der Waals surface area (Å²) in [5.41, 5.74) is -0.584. The molecule has 1 aromatic heterocycles. The second kappa shape index (κ2) is 8.26. The van der Waals surface area contributed by atoms with Crippen molar-refractivity contribution >= 4 is 11.7 Å². The van der Waals surface area contributed by atoms with Gasteiger partial charge in [-0.2, -0.15) is 13.2 Å². The Morgan fingerprint density at radius 1 is 1.24 bits per heavy atom. The van der Waals surface area contributed by atoms with Gasteiger partial charge in [0, 0.05) is 19.9 Å². The molecule has 1 aromatic carbocycles. The minimum Gasteiger partial charge on any atom is -0.489 e. The van der Waals surface area contributed by atoms with Gasteiger partial charge in [-0.05, 0) is 36.8 Å². The number of ether oxygens (including phenoxy) is 1. The molecule has 0 aliphatic carbocycles. The number of rotatable bonds is 5. The molecule has 0 radical (unpaired) electrons. The maximum Gasteiger partial charge on any atom is 0.436 e. The standard InChI is InChI=1S/C20H21F4N3O2/c1-12(25-13(2)28)14-3-5-15(6-4-14)29-16-9-10-27(11-16)18-8-7-17(21)19(26-18)20(22,23)24/h3-8,12,16H,9-11H2,1-2H3,(H,25,28)/t12-,16+/m0/s1. The fourth-order valence-electron chi connectivity index (χ4n) is 3.25. The van der Waals surface area contributed by atoms with Gasteiger partial charge >= 0.3 is 6.18 Å². The molecule has 0 unspecified atom stereocenters. The minimum atomic E-state index is -4.84. The molecule has 2 atom stereocenters. The molecule has 3 rings (SSSR count). The fraction of sp³-hybridized carbons (Fsp3) is 0.400. The third-order valence-corrected chi connectivity index (χ3v) is 4.67. The Morgan fingerprint density at radius 3 is 2.55 bits per heavy atom. The number of amides is 1. The molecule has 1 aliphatic rings. The Hall–Kier alpha value is -2.84. The van der Waals surface area contributed by atoms with Crippen molar-refractivity contribution in [2.24, 2.45) is 0 Å². The van der Waals surface area contributed by atoms with Crippen molar-refractivity contribution in [3.05, 3.63) is 53.5 Å². The normalized spacial score (nSPS) is 17.9. The largest absolute Gasteiger partial charge is 0.489 e. The zero-order valence-corrected chi connectivity index (χ0v) is 16.0. The van der Waals surface area contributed by atoms with Gasteiger partial charge < -0.3 is 15.0 Å². The molecular formula is C20H21F4N3O2. The van der Waals surface area contributed by atoms with E-state index in [-0.39, 0.29) is 23.9 Å². The summed E-state index contributed by atoms with van der Waals surface area (Å²) in [6.07, 6.45) is -4.47. The van der Waals surface area contributed by atoms with Crippen molar-refractivity contribution in [2.75, 3.05) is 18.0 Å². The SMILES string of the molecule is CC(=O)N[C@@H](C)c1ccc(O[C@@H]2CCN(c3ccc(F)c(C(F)(F)F)n3)C2)cc1. The number of anilines is 1. The van der Waals surface area contributed by atoms with Crippen LogP contribution < -0.4 is 15.0 Å². The number of nitrogens with zero attached hydrogens (tertiary/aromatic N) is 2. The van der Waals surface area contributed by atoms with E-state index < -0.39 is 17.7 Å².